The van der Waals surface area contributed by atoms with Crippen molar-refractivity contribution in [3.05, 3.63) is 63.7 Å². The molecule has 3 rings (SSSR count). The number of nitrogens with two attached hydrogens (primary N) is 1. The Kier molecular flexibility index (Phi) is 5.46. The topological polar surface area (TPSA) is 107 Å². The number of thioether (sulfide) groups is 1. The van der Waals surface area contributed by atoms with Crippen LogP contribution in [0.15, 0.2) is 47.4 Å². The molecule has 0 aliphatic carbocycles. The summed E-state index contributed by atoms with van der Waals surface area (Å²) in [6.07, 6.45) is 1.80. The summed E-state index contributed by atoms with van der Waals surface area (Å²) in [7, 11) is 0. The van der Waals surface area contributed by atoms with Gasteiger partial charge in [0.25, 0.3) is 5.69 Å². The zero-order valence-corrected chi connectivity index (χ0v) is 15.6. The van der Waals surface area contributed by atoms with E-state index in [2.05, 4.69) is 0 Å². The van der Waals surface area contributed by atoms with Crippen LogP contribution in [0.3, 0.4) is 0 Å². The van der Waals surface area contributed by atoms with Gasteiger partial charge in [-0.05, 0) is 43.5 Å². The predicted octanol–water partition coefficient (Wildman–Crippen LogP) is 3.15. The summed E-state index contributed by atoms with van der Waals surface area (Å²) in [5.74, 6) is -0.771. The Balaban J connectivity index is 1.80. The number of primary amides is 1. The van der Waals surface area contributed by atoms with E-state index in [1.165, 1.54) is 12.1 Å². The van der Waals surface area contributed by atoms with E-state index in [0.29, 0.717) is 4.90 Å². The molecule has 0 aromatic heterocycles. The molecule has 7 nitrogen and oxygen atoms in total. The van der Waals surface area contributed by atoms with Gasteiger partial charge in [-0.3, -0.25) is 19.7 Å². The van der Waals surface area contributed by atoms with E-state index < -0.39 is 10.8 Å². The summed E-state index contributed by atoms with van der Waals surface area (Å²) in [6, 6.07) is 11.9. The molecular formula is C19H19N3O4S. The third-order valence-electron chi connectivity index (χ3n) is 4.58. The first kappa shape index (κ1) is 18.9. The molecule has 2 amide bonds. The first-order chi connectivity index (χ1) is 12.9. The molecular weight excluding hydrogens is 366 g/mol. The number of benzene rings is 2. The van der Waals surface area contributed by atoms with Crippen LogP contribution in [-0.4, -0.2) is 28.5 Å². The monoisotopic (exact) mass is 385 g/mol. The lowest BCUT2D eigenvalue weighted by molar-refractivity contribution is -0.387. The summed E-state index contributed by atoms with van der Waals surface area (Å²) in [6.45, 7) is 2.00. The number of rotatable bonds is 5. The van der Waals surface area contributed by atoms with Gasteiger partial charge in [0.05, 0.1) is 15.6 Å². The minimum Gasteiger partial charge on any atom is -0.366 e. The van der Waals surface area contributed by atoms with E-state index in [4.69, 9.17) is 5.73 Å². The van der Waals surface area contributed by atoms with Gasteiger partial charge in [-0.25, -0.2) is 0 Å². The summed E-state index contributed by atoms with van der Waals surface area (Å²) < 4.78 is 0. The molecule has 1 heterocycles. The van der Waals surface area contributed by atoms with E-state index >= 15 is 0 Å². The van der Waals surface area contributed by atoms with Gasteiger partial charge >= 0.3 is 0 Å². The van der Waals surface area contributed by atoms with Crippen molar-refractivity contribution in [3.8, 4) is 0 Å². The lowest BCUT2D eigenvalue weighted by Gasteiger charge is -2.35. The second-order valence-electron chi connectivity index (χ2n) is 6.37. The second-order valence-corrected chi connectivity index (χ2v) is 7.39. The highest BCUT2D eigenvalue weighted by Crippen LogP contribution is 2.34. The fourth-order valence-corrected chi connectivity index (χ4v) is 4.08. The van der Waals surface area contributed by atoms with Crippen molar-refractivity contribution in [3.63, 3.8) is 0 Å². The Morgan fingerprint density at radius 3 is 2.74 bits per heavy atom. The van der Waals surface area contributed by atoms with Crippen LogP contribution in [-0.2, 0) is 11.2 Å². The average molecular weight is 385 g/mol. The van der Waals surface area contributed by atoms with Gasteiger partial charge in [0, 0.05) is 23.4 Å². The SMILES string of the molecule is CC1CCc2ccccc2N1C(=O)CSc1ccc(C(N)=O)cc1[N+](=O)[O-]. The number of carbonyl (C=O) groups is 2. The lowest BCUT2D eigenvalue weighted by Crippen LogP contribution is -2.43. The van der Waals surface area contributed by atoms with Crippen molar-refractivity contribution in [2.24, 2.45) is 5.73 Å². The van der Waals surface area contributed by atoms with E-state index in [0.717, 1.165) is 41.9 Å². The number of amides is 2. The Labute approximate surface area is 160 Å². The Morgan fingerprint density at radius 2 is 2.04 bits per heavy atom. The summed E-state index contributed by atoms with van der Waals surface area (Å²) >= 11 is 1.09. The number of nitro groups is 1. The number of carbonyl (C=O) groups excluding carboxylic acids is 2. The maximum Gasteiger partial charge on any atom is 0.283 e. The normalized spacial score (nSPS) is 15.9. The van der Waals surface area contributed by atoms with Crippen LogP contribution in [0.25, 0.3) is 0 Å². The quantitative estimate of drug-likeness (QED) is 0.483. The highest BCUT2D eigenvalue weighted by atomic mass is 32.2. The van der Waals surface area contributed by atoms with Crippen molar-refractivity contribution in [2.75, 3.05) is 10.7 Å². The van der Waals surface area contributed by atoms with Crippen molar-refractivity contribution >= 4 is 35.0 Å². The molecule has 0 bridgehead atoms. The van der Waals surface area contributed by atoms with Crippen molar-refractivity contribution in [1.82, 2.24) is 0 Å². The van der Waals surface area contributed by atoms with Gasteiger partial charge < -0.3 is 10.6 Å². The molecule has 0 spiro atoms. The highest BCUT2D eigenvalue weighted by molar-refractivity contribution is 8.00. The highest BCUT2D eigenvalue weighted by Gasteiger charge is 2.28. The van der Waals surface area contributed by atoms with Gasteiger partial charge in [0.1, 0.15) is 0 Å². The van der Waals surface area contributed by atoms with Gasteiger partial charge in [0.2, 0.25) is 11.8 Å². The predicted molar refractivity (Wildman–Crippen MR) is 104 cm³/mol. The zero-order chi connectivity index (χ0) is 19.6. The third kappa shape index (κ3) is 3.95. The molecule has 1 atom stereocenters. The van der Waals surface area contributed by atoms with Crippen molar-refractivity contribution in [2.45, 2.75) is 30.7 Å². The van der Waals surface area contributed by atoms with Crippen LogP contribution in [0.1, 0.15) is 29.3 Å². The van der Waals surface area contributed by atoms with Crippen LogP contribution < -0.4 is 10.6 Å². The summed E-state index contributed by atoms with van der Waals surface area (Å²) in [5.41, 5.74) is 7.06. The standard InChI is InChI=1S/C19H19N3O4S/c1-12-6-7-13-4-2-3-5-15(13)21(12)18(23)11-27-17-9-8-14(19(20)24)10-16(17)22(25)26/h2-5,8-10,12H,6-7,11H2,1H3,(H2,20,24). The van der Waals surface area contributed by atoms with E-state index in [9.17, 15) is 19.7 Å². The molecule has 1 aliphatic heterocycles. The molecule has 140 valence electrons. The number of fused-ring (bicyclic) bond motifs is 1. The molecule has 1 aliphatic rings. The second kappa shape index (κ2) is 7.79. The van der Waals surface area contributed by atoms with Crippen LogP contribution in [0.4, 0.5) is 11.4 Å². The fourth-order valence-electron chi connectivity index (χ4n) is 3.21. The molecule has 0 saturated heterocycles. The van der Waals surface area contributed by atoms with E-state index in [-0.39, 0.29) is 29.0 Å². The molecule has 2 aromatic rings. The molecule has 8 heteroatoms. The third-order valence-corrected chi connectivity index (χ3v) is 5.63. The number of nitro benzene ring substituents is 1. The first-order valence-electron chi connectivity index (χ1n) is 8.49. The number of para-hydroxylation sites is 1. The minimum absolute atomic E-state index is 0.0649. The number of hydrogen-bond donors (Lipinski definition) is 1. The summed E-state index contributed by atoms with van der Waals surface area (Å²) in [4.78, 5) is 36.9. The molecule has 0 saturated carbocycles. The van der Waals surface area contributed by atoms with Gasteiger partial charge in [-0.2, -0.15) is 0 Å². The van der Waals surface area contributed by atoms with Crippen LogP contribution in [0.5, 0.6) is 0 Å². The molecule has 1 unspecified atom stereocenters. The zero-order valence-electron chi connectivity index (χ0n) is 14.8. The van der Waals surface area contributed by atoms with E-state index in [1.54, 1.807) is 4.90 Å². The molecule has 0 radical (unpaired) electrons. The Hall–Kier alpha value is -2.87. The van der Waals surface area contributed by atoms with Gasteiger partial charge in [-0.15, -0.1) is 11.8 Å². The fraction of sp³-hybridized carbons (Fsp3) is 0.263. The molecule has 2 N–H and O–H groups in total. The lowest BCUT2D eigenvalue weighted by atomic mass is 9.97. The average Bonchev–Trinajstić information content (AvgIpc) is 2.65. The van der Waals surface area contributed by atoms with Crippen LogP contribution in [0.2, 0.25) is 0 Å². The number of nitrogens with zero attached hydrogens (tertiary/aromatic N) is 2. The maximum atomic E-state index is 12.9. The Bertz CT molecular complexity index is 916. The Morgan fingerprint density at radius 1 is 1.30 bits per heavy atom. The van der Waals surface area contributed by atoms with Crippen LogP contribution in [0, 0.1) is 10.1 Å². The first-order valence-corrected chi connectivity index (χ1v) is 9.48. The van der Waals surface area contributed by atoms with E-state index in [1.807, 2.05) is 31.2 Å². The van der Waals surface area contributed by atoms with Gasteiger partial charge in [0.15, 0.2) is 0 Å². The van der Waals surface area contributed by atoms with Crippen LogP contribution >= 0.6 is 11.8 Å². The van der Waals surface area contributed by atoms with Gasteiger partial charge in [-0.1, -0.05) is 18.2 Å². The number of aryl methyl sites for hydroxylation is 1. The number of anilines is 1. The minimum atomic E-state index is -0.732. The van der Waals surface area contributed by atoms with Crippen molar-refractivity contribution in [1.29, 1.82) is 0 Å². The summed E-state index contributed by atoms with van der Waals surface area (Å²) in [5, 5.41) is 11.3. The maximum absolute atomic E-state index is 12.9. The smallest absolute Gasteiger partial charge is 0.283 e. The largest absolute Gasteiger partial charge is 0.366 e. The molecule has 0 fully saturated rings. The molecule has 27 heavy (non-hydrogen) atoms. The number of hydrogen-bond acceptors (Lipinski definition) is 5. The van der Waals surface area contributed by atoms with Crippen molar-refractivity contribution < 1.29 is 14.5 Å². The molecule has 2 aromatic carbocycles.